The molecule has 0 spiro atoms. The molecular weight excluding hydrogens is 1010 g/mol. The molecule has 7 aliphatic rings. The smallest absolute Gasteiger partial charge is 0.318 e. The van der Waals surface area contributed by atoms with E-state index in [1.807, 2.05) is 57.4 Å². The zero-order valence-electron chi connectivity index (χ0n) is 45.9. The standard InChI is InChI=1S/C62H72N12O6/c1-69-23-27-71(28-24-69)61(77)67-55(41-13-7-4-8-14-41)59(75)73-21-9-15-49(73)57-63-35-47(65-57)43-31-45-37-80-52-34-44(32-46-38-79-51(33-43)53(45)54(46)52)48-36-64-58(66-48)50-16-10-22-74(50)60(76)56(68-62(78)72-29-25-70(2)26-30-72)42-19-17-40(18-20-42)39-11-5-3-6-12-39/h4,7-8,13-14,17-20,31-36,39,49-50,55-56H,3,5-6,9-12,15-16,21-30,37-38H2,1-2H3,(H,63,65)(H,64,66)(H,67,77)(H,68,78)/t49-,50-,55+,56+/m0/s1. The van der Waals surface area contributed by atoms with Gasteiger partial charge in [-0.3, -0.25) is 9.59 Å². The Morgan fingerprint density at radius 2 is 1.00 bits per heavy atom. The van der Waals surface area contributed by atoms with E-state index in [0.29, 0.717) is 70.0 Å². The largest absolute Gasteiger partial charge is 0.488 e. The number of imidazole rings is 2. The Labute approximate surface area is 467 Å². The van der Waals surface area contributed by atoms with Crippen molar-refractivity contribution in [2.75, 3.05) is 79.5 Å². The van der Waals surface area contributed by atoms with Gasteiger partial charge in [0, 0.05) is 98.8 Å². The van der Waals surface area contributed by atoms with Gasteiger partial charge in [0.05, 0.1) is 35.9 Å². The second kappa shape index (κ2) is 22.1. The summed E-state index contributed by atoms with van der Waals surface area (Å²) in [5.74, 6) is 3.21. The van der Waals surface area contributed by atoms with Gasteiger partial charge in [-0.15, -0.1) is 0 Å². The fraction of sp³-hybridized carbons (Fsp3) is 0.452. The first-order chi connectivity index (χ1) is 39.1. The number of nitrogens with zero attached hydrogens (tertiary/aromatic N) is 8. The molecular formula is C62H72N12O6. The lowest BCUT2D eigenvalue weighted by Crippen LogP contribution is -2.53. The molecule has 6 amide bonds. The molecule has 8 heterocycles. The zero-order chi connectivity index (χ0) is 54.4. The number of nitrogens with one attached hydrogen (secondary N) is 4. The number of ether oxygens (including phenoxy) is 2. The molecule has 5 fully saturated rings. The van der Waals surface area contributed by atoms with Crippen LogP contribution in [0.3, 0.4) is 0 Å². The van der Waals surface area contributed by atoms with Gasteiger partial charge in [0.2, 0.25) is 11.8 Å². The number of aromatic nitrogens is 4. The summed E-state index contributed by atoms with van der Waals surface area (Å²) in [7, 11) is 4.12. The third-order valence-electron chi connectivity index (χ3n) is 18.0. The number of hydrogen-bond donors (Lipinski definition) is 4. The van der Waals surface area contributed by atoms with Gasteiger partial charge in [0.15, 0.2) is 0 Å². The first-order valence-electron chi connectivity index (χ1n) is 29.0. The quantitative estimate of drug-likeness (QED) is 0.0978. The van der Waals surface area contributed by atoms with Gasteiger partial charge in [-0.1, -0.05) is 73.9 Å². The predicted octanol–water partition coefficient (Wildman–Crippen LogP) is 8.69. The number of H-pyrrole nitrogens is 2. The summed E-state index contributed by atoms with van der Waals surface area (Å²) < 4.78 is 13.2. The van der Waals surface area contributed by atoms with E-state index in [2.05, 4.69) is 93.0 Å². The van der Waals surface area contributed by atoms with E-state index in [9.17, 15) is 19.2 Å². The van der Waals surface area contributed by atoms with E-state index in [-0.39, 0.29) is 36.0 Å². The molecule has 416 valence electrons. The summed E-state index contributed by atoms with van der Waals surface area (Å²) in [6.07, 6.45) is 13.0. The van der Waals surface area contributed by atoms with Gasteiger partial charge in [-0.05, 0) is 99.5 Å². The van der Waals surface area contributed by atoms with Crippen molar-refractivity contribution in [1.29, 1.82) is 0 Å². The van der Waals surface area contributed by atoms with Crippen molar-refractivity contribution in [3.05, 3.63) is 131 Å². The lowest BCUT2D eigenvalue weighted by Gasteiger charge is -2.34. The van der Waals surface area contributed by atoms with Crippen LogP contribution in [0.1, 0.15) is 127 Å². The molecule has 1 saturated carbocycles. The predicted molar refractivity (Wildman–Crippen MR) is 302 cm³/mol. The minimum atomic E-state index is -0.835. The number of carbonyl (C=O) groups excluding carboxylic acids is 4. The monoisotopic (exact) mass is 1080 g/mol. The highest BCUT2D eigenvalue weighted by atomic mass is 16.5. The number of likely N-dealkylation sites (N-methyl/N-ethyl adjacent to an activating group) is 2. The molecule has 0 bridgehead atoms. The van der Waals surface area contributed by atoms with E-state index >= 15 is 0 Å². The topological polar surface area (TPSA) is 188 Å². The highest BCUT2D eigenvalue weighted by Crippen LogP contribution is 2.51. The lowest BCUT2D eigenvalue weighted by molar-refractivity contribution is -0.135. The summed E-state index contributed by atoms with van der Waals surface area (Å²) in [6.45, 7) is 7.39. The Hall–Kier alpha value is -7.70. The van der Waals surface area contributed by atoms with Gasteiger partial charge in [0.25, 0.3) is 0 Å². The van der Waals surface area contributed by atoms with Gasteiger partial charge in [0.1, 0.15) is 48.4 Å². The zero-order valence-corrected chi connectivity index (χ0v) is 45.9. The summed E-state index contributed by atoms with van der Waals surface area (Å²) in [6, 6.07) is 23.6. The van der Waals surface area contributed by atoms with Crippen LogP contribution in [0, 0.1) is 0 Å². The first kappa shape index (κ1) is 51.7. The van der Waals surface area contributed by atoms with E-state index in [1.165, 1.54) is 37.7 Å². The third kappa shape index (κ3) is 10.2. The highest BCUT2D eigenvalue weighted by molar-refractivity contribution is 5.91. The van der Waals surface area contributed by atoms with Crippen molar-refractivity contribution in [2.45, 2.75) is 101 Å². The van der Waals surface area contributed by atoms with Gasteiger partial charge >= 0.3 is 12.1 Å². The average Bonchev–Trinajstić information content (AvgIpc) is 4.38. The number of hydrogen-bond acceptors (Lipinski definition) is 10. The molecule has 18 heteroatoms. The molecule has 4 atom stereocenters. The van der Waals surface area contributed by atoms with Crippen molar-refractivity contribution < 1.29 is 28.7 Å². The average molecular weight is 1080 g/mol. The van der Waals surface area contributed by atoms with E-state index < -0.39 is 12.1 Å². The number of likely N-dealkylation sites (tertiary alicyclic amines) is 2. The summed E-state index contributed by atoms with van der Waals surface area (Å²) in [5.41, 5.74) is 10.3. The van der Waals surface area contributed by atoms with Crippen LogP contribution < -0.4 is 20.1 Å². The Morgan fingerprint density at radius 1 is 0.537 bits per heavy atom. The number of amides is 6. The Balaban J connectivity index is 0.714. The minimum Gasteiger partial charge on any atom is -0.488 e. The van der Waals surface area contributed by atoms with Crippen molar-refractivity contribution in [2.24, 2.45) is 0 Å². The van der Waals surface area contributed by atoms with Crippen LogP contribution in [0.2, 0.25) is 0 Å². The van der Waals surface area contributed by atoms with E-state index in [0.717, 1.165) is 119 Å². The molecule has 0 radical (unpaired) electrons. The van der Waals surface area contributed by atoms with Gasteiger partial charge in [-0.25, -0.2) is 19.6 Å². The van der Waals surface area contributed by atoms with Crippen LogP contribution in [0.5, 0.6) is 11.5 Å². The number of aromatic amines is 2. The second-order valence-electron chi connectivity index (χ2n) is 23.1. The molecule has 4 N–H and O–H groups in total. The van der Waals surface area contributed by atoms with Crippen molar-refractivity contribution in [3.8, 4) is 45.1 Å². The summed E-state index contributed by atoms with van der Waals surface area (Å²) in [4.78, 5) is 85.7. The Kier molecular flexibility index (Phi) is 14.3. The Bertz CT molecular complexity index is 3210. The van der Waals surface area contributed by atoms with Crippen LogP contribution in [0.15, 0.2) is 91.3 Å². The minimum absolute atomic E-state index is 0.128. The van der Waals surface area contributed by atoms with Crippen molar-refractivity contribution in [1.82, 2.24) is 60.0 Å². The molecule has 4 aromatic carbocycles. The Morgan fingerprint density at radius 3 is 1.48 bits per heavy atom. The second-order valence-corrected chi connectivity index (χ2v) is 23.1. The number of urea groups is 2. The molecule has 80 heavy (non-hydrogen) atoms. The maximum absolute atomic E-state index is 14.9. The van der Waals surface area contributed by atoms with Gasteiger partial charge < -0.3 is 59.5 Å². The normalized spacial score (nSPS) is 21.1. The van der Waals surface area contributed by atoms with Crippen molar-refractivity contribution >= 4 is 23.9 Å². The molecule has 6 aliphatic heterocycles. The number of piperazine rings is 2. The van der Waals surface area contributed by atoms with E-state index in [4.69, 9.17) is 19.4 Å². The van der Waals surface area contributed by atoms with E-state index in [1.54, 1.807) is 4.90 Å². The lowest BCUT2D eigenvalue weighted by atomic mass is 9.83. The molecule has 6 aromatic rings. The summed E-state index contributed by atoms with van der Waals surface area (Å²) >= 11 is 0. The summed E-state index contributed by atoms with van der Waals surface area (Å²) in [5, 5.41) is 6.29. The fourth-order valence-electron chi connectivity index (χ4n) is 13.3. The van der Waals surface area contributed by atoms with Crippen LogP contribution in [-0.2, 0) is 22.8 Å². The fourth-order valence-corrected chi connectivity index (χ4v) is 13.3. The van der Waals surface area contributed by atoms with Crippen LogP contribution in [-0.4, -0.2) is 153 Å². The number of benzene rings is 4. The highest BCUT2D eigenvalue weighted by Gasteiger charge is 2.40. The molecule has 18 nitrogen and oxygen atoms in total. The van der Waals surface area contributed by atoms with Crippen molar-refractivity contribution in [3.63, 3.8) is 0 Å². The third-order valence-corrected chi connectivity index (χ3v) is 18.0. The maximum atomic E-state index is 14.9. The molecule has 13 rings (SSSR count). The van der Waals surface area contributed by atoms with Crippen LogP contribution >= 0.6 is 0 Å². The molecule has 4 saturated heterocycles. The maximum Gasteiger partial charge on any atom is 0.318 e. The van der Waals surface area contributed by atoms with Crippen LogP contribution in [0.25, 0.3) is 33.6 Å². The number of rotatable bonds is 11. The first-order valence-corrected chi connectivity index (χ1v) is 29.0. The SMILES string of the molecule is CN1CCN(C(=O)N[C@@H](C(=O)N2CCC[C@H]2c2ncc(-c3cc4c5c(c3)OCc3cc(-c6cnc([C@@H]7CCCN7C(=O)[C@H](NC(=O)N7CCN(C)CC7)c7ccc(C8CCCCC8)cc7)[nH]6)cc(c3-5)OC4)[nH]2)c2ccccc2)CC1. The molecule has 0 unspecified atom stereocenters. The van der Waals surface area contributed by atoms with Gasteiger partial charge in [-0.2, -0.15) is 0 Å². The molecule has 1 aliphatic carbocycles. The number of carbonyl (C=O) groups is 4. The van der Waals surface area contributed by atoms with Crippen LogP contribution in [0.4, 0.5) is 9.59 Å². The molecule has 2 aromatic heterocycles.